The predicted octanol–water partition coefficient (Wildman–Crippen LogP) is 1.63. The topological polar surface area (TPSA) is 84.2 Å². The Morgan fingerprint density at radius 1 is 1.30 bits per heavy atom. The molecule has 0 amide bonds. The van der Waals surface area contributed by atoms with Crippen molar-refractivity contribution in [3.05, 3.63) is 46.6 Å². The monoisotopic (exact) mass is 359 g/mol. The number of rotatable bonds is 6. The highest BCUT2D eigenvalue weighted by molar-refractivity contribution is 9.10. The van der Waals surface area contributed by atoms with E-state index in [1.807, 2.05) is 0 Å². The first-order chi connectivity index (χ1) is 9.53. The molecule has 0 fully saturated rings. The summed E-state index contributed by atoms with van der Waals surface area (Å²) in [5.41, 5.74) is 0.832. The van der Waals surface area contributed by atoms with Crippen molar-refractivity contribution in [3.63, 3.8) is 0 Å². The Kier molecular flexibility index (Phi) is 4.92. The molecule has 108 valence electrons. The van der Waals surface area contributed by atoms with Gasteiger partial charge >= 0.3 is 0 Å². The van der Waals surface area contributed by atoms with E-state index in [2.05, 4.69) is 31.0 Å². The van der Waals surface area contributed by atoms with Crippen LogP contribution in [-0.4, -0.2) is 20.4 Å². The third kappa shape index (κ3) is 3.66. The van der Waals surface area contributed by atoms with E-state index in [-0.39, 0.29) is 16.1 Å². The summed E-state index contributed by atoms with van der Waals surface area (Å²) in [5, 5.41) is 2.90. The molecule has 0 spiro atoms. The lowest BCUT2D eigenvalue weighted by Gasteiger charge is -2.04. The van der Waals surface area contributed by atoms with Gasteiger partial charge in [-0.15, -0.1) is 0 Å². The van der Waals surface area contributed by atoms with Crippen molar-refractivity contribution in [1.82, 2.24) is 15.0 Å². The van der Waals surface area contributed by atoms with Crippen LogP contribution >= 0.6 is 15.9 Å². The van der Waals surface area contributed by atoms with Crippen LogP contribution in [0.4, 0.5) is 0 Å². The molecule has 0 aliphatic rings. The van der Waals surface area contributed by atoms with E-state index in [1.165, 1.54) is 6.07 Å². The number of hydrogen-bond donors (Lipinski definition) is 2. The molecule has 2 rings (SSSR count). The van der Waals surface area contributed by atoms with Gasteiger partial charge < -0.3 is 9.73 Å². The standard InChI is InChI=1S/C12H14BrN3O3S/c1-14-8-10-6-11(12(13)19-10)20(17,18)16-7-9-2-4-15-5-3-9/h2-6,14,16H,7-8H2,1H3. The van der Waals surface area contributed by atoms with Crippen LogP contribution in [0.15, 0.2) is 44.6 Å². The van der Waals surface area contributed by atoms with E-state index in [4.69, 9.17) is 4.42 Å². The maximum absolute atomic E-state index is 12.2. The van der Waals surface area contributed by atoms with Gasteiger partial charge in [0.25, 0.3) is 0 Å². The highest BCUT2D eigenvalue weighted by Crippen LogP contribution is 2.26. The first kappa shape index (κ1) is 15.2. The smallest absolute Gasteiger partial charge is 0.245 e. The second-order valence-corrected chi connectivity index (χ2v) is 6.52. The third-order valence-corrected chi connectivity index (χ3v) is 4.82. The molecule has 0 aliphatic carbocycles. The Morgan fingerprint density at radius 2 is 2.00 bits per heavy atom. The van der Waals surface area contributed by atoms with Crippen LogP contribution < -0.4 is 10.0 Å². The summed E-state index contributed by atoms with van der Waals surface area (Å²) in [7, 11) is -1.87. The Morgan fingerprint density at radius 3 is 2.65 bits per heavy atom. The molecule has 2 N–H and O–H groups in total. The number of pyridine rings is 1. The lowest BCUT2D eigenvalue weighted by molar-refractivity contribution is 0.470. The average Bonchev–Trinajstić information content (AvgIpc) is 2.80. The second-order valence-electron chi connectivity index (χ2n) is 4.06. The normalized spacial score (nSPS) is 11.7. The minimum absolute atomic E-state index is 0.0943. The first-order valence-electron chi connectivity index (χ1n) is 5.84. The van der Waals surface area contributed by atoms with Crippen LogP contribution in [0.25, 0.3) is 0 Å². The summed E-state index contributed by atoms with van der Waals surface area (Å²) in [6.07, 6.45) is 3.23. The van der Waals surface area contributed by atoms with E-state index in [0.29, 0.717) is 12.3 Å². The van der Waals surface area contributed by atoms with Gasteiger partial charge in [0.15, 0.2) is 4.67 Å². The van der Waals surface area contributed by atoms with Gasteiger partial charge in [-0.3, -0.25) is 4.98 Å². The molecule has 0 bridgehead atoms. The number of nitrogens with zero attached hydrogens (tertiary/aromatic N) is 1. The maximum Gasteiger partial charge on any atom is 0.245 e. The van der Waals surface area contributed by atoms with Crippen molar-refractivity contribution < 1.29 is 12.8 Å². The van der Waals surface area contributed by atoms with E-state index < -0.39 is 10.0 Å². The molecule has 0 aliphatic heterocycles. The van der Waals surface area contributed by atoms with Gasteiger partial charge in [-0.1, -0.05) is 0 Å². The highest BCUT2D eigenvalue weighted by Gasteiger charge is 2.22. The van der Waals surface area contributed by atoms with E-state index in [1.54, 1.807) is 31.6 Å². The van der Waals surface area contributed by atoms with Crippen LogP contribution in [0.2, 0.25) is 0 Å². The highest BCUT2D eigenvalue weighted by atomic mass is 79.9. The second kappa shape index (κ2) is 6.49. The molecule has 0 aromatic carbocycles. The van der Waals surface area contributed by atoms with Gasteiger partial charge in [0.2, 0.25) is 10.0 Å². The molecule has 2 aromatic rings. The van der Waals surface area contributed by atoms with Crippen molar-refractivity contribution in [2.45, 2.75) is 18.0 Å². The van der Waals surface area contributed by atoms with Gasteiger partial charge in [0.05, 0.1) is 6.54 Å². The van der Waals surface area contributed by atoms with E-state index in [9.17, 15) is 8.42 Å². The van der Waals surface area contributed by atoms with Crippen molar-refractivity contribution >= 4 is 26.0 Å². The Balaban J connectivity index is 2.14. The molecule has 0 atom stereocenters. The summed E-state index contributed by atoms with van der Waals surface area (Å²) >= 11 is 3.13. The molecular formula is C12H14BrN3O3S. The molecular weight excluding hydrogens is 346 g/mol. The van der Waals surface area contributed by atoms with Gasteiger partial charge in [-0.25, -0.2) is 13.1 Å². The zero-order chi connectivity index (χ0) is 14.6. The molecule has 2 aromatic heterocycles. The summed E-state index contributed by atoms with van der Waals surface area (Å²) in [6, 6.07) is 4.99. The van der Waals surface area contributed by atoms with Crippen LogP contribution in [-0.2, 0) is 23.1 Å². The average molecular weight is 360 g/mol. The van der Waals surface area contributed by atoms with Crippen molar-refractivity contribution in [3.8, 4) is 0 Å². The molecule has 6 nitrogen and oxygen atoms in total. The molecule has 0 saturated heterocycles. The van der Waals surface area contributed by atoms with Gasteiger partial charge in [0.1, 0.15) is 10.7 Å². The fourth-order valence-corrected chi connectivity index (χ4v) is 3.61. The summed E-state index contributed by atoms with van der Waals surface area (Å²) in [6.45, 7) is 0.655. The molecule has 0 saturated carbocycles. The van der Waals surface area contributed by atoms with Gasteiger partial charge in [-0.2, -0.15) is 0 Å². The Labute approximate surface area is 125 Å². The van der Waals surface area contributed by atoms with E-state index >= 15 is 0 Å². The molecule has 2 heterocycles. The zero-order valence-electron chi connectivity index (χ0n) is 10.8. The predicted molar refractivity (Wildman–Crippen MR) is 77.4 cm³/mol. The summed E-state index contributed by atoms with van der Waals surface area (Å²) in [5.74, 6) is 0.545. The molecule has 20 heavy (non-hydrogen) atoms. The number of furan rings is 1. The first-order valence-corrected chi connectivity index (χ1v) is 8.12. The quantitative estimate of drug-likeness (QED) is 0.818. The van der Waals surface area contributed by atoms with Crippen LogP contribution in [0.1, 0.15) is 11.3 Å². The summed E-state index contributed by atoms with van der Waals surface area (Å²) in [4.78, 5) is 3.97. The lowest BCUT2D eigenvalue weighted by Crippen LogP contribution is -2.23. The Bertz CT molecular complexity index is 671. The third-order valence-electron chi connectivity index (χ3n) is 2.56. The van der Waals surface area contributed by atoms with Crippen LogP contribution in [0, 0.1) is 0 Å². The van der Waals surface area contributed by atoms with Crippen molar-refractivity contribution in [2.75, 3.05) is 7.05 Å². The molecule has 0 unspecified atom stereocenters. The van der Waals surface area contributed by atoms with Crippen molar-refractivity contribution in [2.24, 2.45) is 0 Å². The van der Waals surface area contributed by atoms with E-state index in [0.717, 1.165) is 5.56 Å². The fourth-order valence-electron chi connectivity index (χ4n) is 1.60. The van der Waals surface area contributed by atoms with Crippen molar-refractivity contribution in [1.29, 1.82) is 0 Å². The Hall–Kier alpha value is -1.22. The zero-order valence-corrected chi connectivity index (χ0v) is 13.2. The number of nitrogens with one attached hydrogen (secondary N) is 2. The number of hydrogen-bond acceptors (Lipinski definition) is 5. The molecule has 0 radical (unpaired) electrons. The number of sulfonamides is 1. The van der Waals surface area contributed by atoms with Gasteiger partial charge in [-0.05, 0) is 40.7 Å². The molecule has 8 heteroatoms. The number of halogens is 1. The minimum atomic E-state index is -3.63. The maximum atomic E-state index is 12.2. The lowest BCUT2D eigenvalue weighted by atomic mass is 10.3. The van der Waals surface area contributed by atoms with Crippen LogP contribution in [0.5, 0.6) is 0 Å². The van der Waals surface area contributed by atoms with Gasteiger partial charge in [0, 0.05) is 25.0 Å². The number of aromatic nitrogens is 1. The summed E-state index contributed by atoms with van der Waals surface area (Å²) < 4.78 is 32.5. The SMILES string of the molecule is CNCc1cc(S(=O)(=O)NCc2ccncc2)c(Br)o1. The van der Waals surface area contributed by atoms with Crippen LogP contribution in [0.3, 0.4) is 0 Å². The minimum Gasteiger partial charge on any atom is -0.452 e. The largest absolute Gasteiger partial charge is 0.452 e. The fraction of sp³-hybridized carbons (Fsp3) is 0.250.